The lowest BCUT2D eigenvalue weighted by Crippen LogP contribution is -2.42. The van der Waals surface area contributed by atoms with Crippen LogP contribution in [0.1, 0.15) is 19.8 Å². The third-order valence-electron chi connectivity index (χ3n) is 2.91. The highest BCUT2D eigenvalue weighted by molar-refractivity contribution is 5.81. The zero-order chi connectivity index (χ0) is 11.7. The topological polar surface area (TPSA) is 20.3 Å². The Morgan fingerprint density at radius 3 is 2.50 bits per heavy atom. The molecule has 16 heavy (non-hydrogen) atoms. The Hall–Kier alpha value is -1.45. The minimum Gasteiger partial charge on any atom is -0.363 e. The van der Waals surface area contributed by atoms with Crippen LogP contribution in [0.3, 0.4) is 0 Å². The monoisotopic (exact) mass is 225 g/mol. The fraction of sp³-hybridized carbons (Fsp3) is 0.417. The smallest absolute Gasteiger partial charge is 0.149 e. The van der Waals surface area contributed by atoms with Gasteiger partial charge in [-0.25, -0.2) is 8.78 Å². The van der Waals surface area contributed by atoms with Gasteiger partial charge in [0.15, 0.2) is 0 Å². The van der Waals surface area contributed by atoms with E-state index >= 15 is 0 Å². The van der Waals surface area contributed by atoms with E-state index in [1.165, 1.54) is 18.2 Å². The number of hydrogen-bond acceptors (Lipinski definition) is 2. The molecule has 2 rings (SSSR count). The van der Waals surface area contributed by atoms with Gasteiger partial charge in [-0.2, -0.15) is 0 Å². The number of anilines is 1. The number of rotatable bonds is 1. The van der Waals surface area contributed by atoms with Crippen LogP contribution >= 0.6 is 0 Å². The van der Waals surface area contributed by atoms with E-state index in [4.69, 9.17) is 0 Å². The number of halogens is 2. The molecule has 0 aromatic heterocycles. The third kappa shape index (κ3) is 1.92. The lowest BCUT2D eigenvalue weighted by molar-refractivity contribution is -0.120. The minimum atomic E-state index is -0.568. The van der Waals surface area contributed by atoms with E-state index in [-0.39, 0.29) is 17.5 Å². The summed E-state index contributed by atoms with van der Waals surface area (Å²) in [7, 11) is 0. The molecule has 1 saturated heterocycles. The maximum atomic E-state index is 13.5. The molecule has 86 valence electrons. The first-order chi connectivity index (χ1) is 7.59. The first kappa shape index (κ1) is 11.0. The van der Waals surface area contributed by atoms with Gasteiger partial charge in [0.05, 0.1) is 0 Å². The molecule has 1 aliphatic heterocycles. The molecule has 4 heteroatoms. The van der Waals surface area contributed by atoms with Crippen LogP contribution in [0.5, 0.6) is 0 Å². The van der Waals surface area contributed by atoms with Gasteiger partial charge < -0.3 is 4.90 Å². The van der Waals surface area contributed by atoms with Gasteiger partial charge in [0.25, 0.3) is 0 Å². The molecule has 1 aromatic rings. The molecular formula is C12H13F2NO. The van der Waals surface area contributed by atoms with Gasteiger partial charge in [0, 0.05) is 25.4 Å². The molecule has 1 heterocycles. The van der Waals surface area contributed by atoms with Gasteiger partial charge in [0.1, 0.15) is 23.1 Å². The highest BCUT2D eigenvalue weighted by Gasteiger charge is 2.27. The molecule has 0 spiro atoms. The maximum Gasteiger partial charge on any atom is 0.149 e. The highest BCUT2D eigenvalue weighted by atomic mass is 19.1. The Morgan fingerprint density at radius 2 is 1.94 bits per heavy atom. The van der Waals surface area contributed by atoms with Crippen molar-refractivity contribution in [1.29, 1.82) is 0 Å². The van der Waals surface area contributed by atoms with E-state index < -0.39 is 11.6 Å². The van der Waals surface area contributed by atoms with Gasteiger partial charge in [-0.1, -0.05) is 6.07 Å². The second-order valence-electron chi connectivity index (χ2n) is 4.11. The molecule has 0 amide bonds. The van der Waals surface area contributed by atoms with Crippen LogP contribution in [0.4, 0.5) is 14.5 Å². The van der Waals surface area contributed by atoms with Crippen LogP contribution in [-0.4, -0.2) is 18.4 Å². The van der Waals surface area contributed by atoms with Gasteiger partial charge >= 0.3 is 0 Å². The summed E-state index contributed by atoms with van der Waals surface area (Å²) < 4.78 is 27.1. The Morgan fingerprint density at radius 1 is 1.31 bits per heavy atom. The Balaban J connectivity index is 2.33. The minimum absolute atomic E-state index is 0.0116. The summed E-state index contributed by atoms with van der Waals surface area (Å²) in [6, 6.07) is 3.67. The Kier molecular flexibility index (Phi) is 2.90. The molecule has 1 aliphatic rings. The van der Waals surface area contributed by atoms with Crippen LogP contribution in [0.2, 0.25) is 0 Å². The van der Waals surface area contributed by atoms with E-state index in [1.807, 2.05) is 6.92 Å². The molecule has 1 aromatic carbocycles. The van der Waals surface area contributed by atoms with E-state index in [1.54, 1.807) is 4.90 Å². The molecule has 0 aliphatic carbocycles. The summed E-state index contributed by atoms with van der Waals surface area (Å²) in [5.41, 5.74) is -0.0116. The van der Waals surface area contributed by atoms with Crippen molar-refractivity contribution >= 4 is 11.5 Å². The molecule has 1 unspecified atom stereocenters. The first-order valence-corrected chi connectivity index (χ1v) is 5.32. The van der Waals surface area contributed by atoms with Crippen molar-refractivity contribution in [1.82, 2.24) is 0 Å². The lowest BCUT2D eigenvalue weighted by Gasteiger charge is -2.34. The van der Waals surface area contributed by atoms with Crippen LogP contribution in [0.15, 0.2) is 18.2 Å². The van der Waals surface area contributed by atoms with Crippen molar-refractivity contribution in [2.75, 3.05) is 11.4 Å². The Bertz CT molecular complexity index is 399. The molecule has 2 nitrogen and oxygen atoms in total. The van der Waals surface area contributed by atoms with Crippen molar-refractivity contribution < 1.29 is 13.6 Å². The van der Waals surface area contributed by atoms with Gasteiger partial charge in [-0.05, 0) is 19.1 Å². The van der Waals surface area contributed by atoms with Crippen LogP contribution in [0.25, 0.3) is 0 Å². The second-order valence-corrected chi connectivity index (χ2v) is 4.11. The SMILES string of the molecule is CC1CC(=O)CCN1c1c(F)cccc1F. The zero-order valence-electron chi connectivity index (χ0n) is 9.04. The molecule has 1 atom stereocenters. The number of Topliss-reactive ketones (excluding diaryl/α,β-unsaturated/α-hetero) is 1. The summed E-state index contributed by atoms with van der Waals surface area (Å²) in [5, 5.41) is 0. The summed E-state index contributed by atoms with van der Waals surface area (Å²) in [5.74, 6) is -0.983. The maximum absolute atomic E-state index is 13.5. The van der Waals surface area contributed by atoms with Gasteiger partial charge in [-0.15, -0.1) is 0 Å². The largest absolute Gasteiger partial charge is 0.363 e. The average molecular weight is 225 g/mol. The van der Waals surface area contributed by atoms with Gasteiger partial charge in [-0.3, -0.25) is 4.79 Å². The molecule has 1 fully saturated rings. The number of para-hydroxylation sites is 1. The van der Waals surface area contributed by atoms with Crippen molar-refractivity contribution in [2.45, 2.75) is 25.8 Å². The fourth-order valence-corrected chi connectivity index (χ4v) is 2.10. The molecule has 0 saturated carbocycles. The summed E-state index contributed by atoms with van der Waals surface area (Å²) >= 11 is 0. The standard InChI is InChI=1S/C12H13F2NO/c1-8-7-9(16)5-6-15(8)12-10(13)3-2-4-11(12)14/h2-4,8H,5-7H2,1H3. The Labute approximate surface area is 92.9 Å². The number of nitrogens with zero attached hydrogens (tertiary/aromatic N) is 1. The predicted molar refractivity (Wildman–Crippen MR) is 57.4 cm³/mol. The average Bonchev–Trinajstić information content (AvgIpc) is 2.20. The van der Waals surface area contributed by atoms with Crippen molar-refractivity contribution in [3.63, 3.8) is 0 Å². The molecule has 0 N–H and O–H groups in total. The van der Waals surface area contributed by atoms with Crippen molar-refractivity contribution in [3.05, 3.63) is 29.8 Å². The highest BCUT2D eigenvalue weighted by Crippen LogP contribution is 2.28. The van der Waals surface area contributed by atoms with Crippen LogP contribution in [-0.2, 0) is 4.79 Å². The van der Waals surface area contributed by atoms with Crippen molar-refractivity contribution in [3.8, 4) is 0 Å². The molecule has 0 bridgehead atoms. The second kappa shape index (κ2) is 4.20. The van der Waals surface area contributed by atoms with E-state index in [9.17, 15) is 13.6 Å². The normalized spacial score (nSPS) is 21.3. The zero-order valence-corrected chi connectivity index (χ0v) is 9.04. The molecular weight excluding hydrogens is 212 g/mol. The number of carbonyl (C=O) groups is 1. The number of hydrogen-bond donors (Lipinski definition) is 0. The predicted octanol–water partition coefficient (Wildman–Crippen LogP) is 2.52. The van der Waals surface area contributed by atoms with Crippen LogP contribution in [0, 0.1) is 11.6 Å². The summed E-state index contributed by atoms with van der Waals surface area (Å²) in [6.45, 7) is 2.20. The number of benzene rings is 1. The van der Waals surface area contributed by atoms with Gasteiger partial charge in [0.2, 0.25) is 0 Å². The first-order valence-electron chi connectivity index (χ1n) is 5.32. The van der Waals surface area contributed by atoms with E-state index in [0.29, 0.717) is 19.4 Å². The van der Waals surface area contributed by atoms with E-state index in [0.717, 1.165) is 0 Å². The number of carbonyl (C=O) groups excluding carboxylic acids is 1. The fourth-order valence-electron chi connectivity index (χ4n) is 2.10. The van der Waals surface area contributed by atoms with E-state index in [2.05, 4.69) is 0 Å². The third-order valence-corrected chi connectivity index (χ3v) is 2.91. The molecule has 0 radical (unpaired) electrons. The summed E-state index contributed by atoms with van der Waals surface area (Å²) in [4.78, 5) is 12.8. The number of piperidine rings is 1. The van der Waals surface area contributed by atoms with Crippen molar-refractivity contribution in [2.24, 2.45) is 0 Å². The quantitative estimate of drug-likeness (QED) is 0.732. The van der Waals surface area contributed by atoms with Crippen LogP contribution < -0.4 is 4.90 Å². The lowest BCUT2D eigenvalue weighted by atomic mass is 10.0. The summed E-state index contributed by atoms with van der Waals surface area (Å²) in [6.07, 6.45) is 0.714. The number of ketones is 1.